The average Bonchev–Trinajstić information content (AvgIpc) is 2.93. The van der Waals surface area contributed by atoms with Crippen molar-refractivity contribution in [2.24, 2.45) is 5.73 Å². The molecule has 1 unspecified atom stereocenters. The lowest BCUT2D eigenvalue weighted by molar-refractivity contribution is 0.301. The minimum Gasteiger partial charge on any atom is -0.487 e. The fraction of sp³-hybridized carbons (Fsp3) is 0.438. The lowest BCUT2D eigenvalue weighted by Gasteiger charge is -2.22. The summed E-state index contributed by atoms with van der Waals surface area (Å²) >= 11 is 1.70. The van der Waals surface area contributed by atoms with E-state index in [0.29, 0.717) is 6.61 Å². The average molecular weight is 288 g/mol. The molecular weight excluding hydrogens is 268 g/mol. The number of nitrogens with zero attached hydrogens (tertiary/aromatic N) is 1. The highest BCUT2D eigenvalue weighted by Crippen LogP contribution is 2.30. The summed E-state index contributed by atoms with van der Waals surface area (Å²) in [6.45, 7) is 2.66. The second-order valence-electron chi connectivity index (χ2n) is 5.23. The van der Waals surface area contributed by atoms with Crippen molar-refractivity contribution >= 4 is 11.3 Å². The molecule has 0 saturated carbocycles. The zero-order valence-electron chi connectivity index (χ0n) is 11.8. The Morgan fingerprint density at radius 2 is 2.35 bits per heavy atom. The van der Waals surface area contributed by atoms with Crippen LogP contribution in [0.4, 0.5) is 0 Å². The van der Waals surface area contributed by atoms with Gasteiger partial charge in [-0.1, -0.05) is 13.0 Å². The van der Waals surface area contributed by atoms with Gasteiger partial charge >= 0.3 is 0 Å². The normalized spacial score (nSPS) is 17.8. The Kier molecular flexibility index (Phi) is 4.03. The number of hydrogen-bond donors (Lipinski definition) is 1. The van der Waals surface area contributed by atoms with E-state index in [1.807, 2.05) is 6.07 Å². The number of fused-ring (bicyclic) bond motifs is 1. The molecular formula is C16H20N2OS. The summed E-state index contributed by atoms with van der Waals surface area (Å²) in [6.07, 6.45) is 4.35. The highest BCUT2D eigenvalue weighted by atomic mass is 32.1. The zero-order valence-corrected chi connectivity index (χ0v) is 12.6. The zero-order chi connectivity index (χ0) is 13.9. The number of aromatic nitrogens is 1. The maximum Gasteiger partial charge on any atom is 0.131 e. The molecule has 0 aliphatic heterocycles. The SMILES string of the molecule is CCc1nc(COc2ccc3c(c2)CCCC3N)cs1. The first-order valence-electron chi connectivity index (χ1n) is 7.20. The number of ether oxygens (including phenoxy) is 1. The Morgan fingerprint density at radius 3 is 3.15 bits per heavy atom. The van der Waals surface area contributed by atoms with E-state index < -0.39 is 0 Å². The molecule has 2 aromatic rings. The van der Waals surface area contributed by atoms with Crippen molar-refractivity contribution < 1.29 is 4.74 Å². The van der Waals surface area contributed by atoms with E-state index in [1.165, 1.54) is 22.6 Å². The van der Waals surface area contributed by atoms with Crippen molar-refractivity contribution in [1.29, 1.82) is 0 Å². The molecule has 4 heteroatoms. The van der Waals surface area contributed by atoms with Gasteiger partial charge in [-0.2, -0.15) is 0 Å². The second kappa shape index (κ2) is 5.94. The molecule has 3 rings (SSSR count). The number of nitrogens with two attached hydrogens (primary N) is 1. The summed E-state index contributed by atoms with van der Waals surface area (Å²) in [5.41, 5.74) is 9.77. The van der Waals surface area contributed by atoms with Gasteiger partial charge in [0.1, 0.15) is 12.4 Å². The van der Waals surface area contributed by atoms with Gasteiger partial charge in [0.2, 0.25) is 0 Å². The van der Waals surface area contributed by atoms with Crippen LogP contribution >= 0.6 is 11.3 Å². The molecule has 0 spiro atoms. The number of hydrogen-bond acceptors (Lipinski definition) is 4. The van der Waals surface area contributed by atoms with E-state index in [4.69, 9.17) is 10.5 Å². The van der Waals surface area contributed by atoms with E-state index in [2.05, 4.69) is 29.4 Å². The summed E-state index contributed by atoms with van der Waals surface area (Å²) < 4.78 is 5.85. The largest absolute Gasteiger partial charge is 0.487 e. The van der Waals surface area contributed by atoms with Crippen LogP contribution in [0.5, 0.6) is 5.75 Å². The van der Waals surface area contributed by atoms with Gasteiger partial charge in [-0.05, 0) is 48.9 Å². The Labute approximate surface area is 123 Å². The van der Waals surface area contributed by atoms with Crippen molar-refractivity contribution in [1.82, 2.24) is 4.98 Å². The van der Waals surface area contributed by atoms with Crippen LogP contribution in [0.2, 0.25) is 0 Å². The van der Waals surface area contributed by atoms with Crippen LogP contribution in [0.25, 0.3) is 0 Å². The highest BCUT2D eigenvalue weighted by Gasteiger charge is 2.17. The molecule has 1 atom stereocenters. The standard InChI is InChI=1S/C16H20N2OS/c1-2-16-18-12(10-20-16)9-19-13-6-7-14-11(8-13)4-3-5-15(14)17/h6-8,10,15H,2-5,9,17H2,1H3. The molecule has 0 radical (unpaired) electrons. The Morgan fingerprint density at radius 1 is 1.45 bits per heavy atom. The fourth-order valence-electron chi connectivity index (χ4n) is 2.65. The first kappa shape index (κ1) is 13.6. The van der Waals surface area contributed by atoms with Crippen LogP contribution in [-0.4, -0.2) is 4.98 Å². The quantitative estimate of drug-likeness (QED) is 0.934. The van der Waals surface area contributed by atoms with Crippen molar-refractivity contribution in [3.8, 4) is 5.75 Å². The van der Waals surface area contributed by atoms with Crippen molar-refractivity contribution in [2.45, 2.75) is 45.3 Å². The maximum absolute atomic E-state index is 6.13. The van der Waals surface area contributed by atoms with Crippen LogP contribution in [0, 0.1) is 0 Å². The first-order valence-corrected chi connectivity index (χ1v) is 8.08. The lowest BCUT2D eigenvalue weighted by atomic mass is 9.88. The molecule has 0 fully saturated rings. The van der Waals surface area contributed by atoms with E-state index in [9.17, 15) is 0 Å². The third-order valence-corrected chi connectivity index (χ3v) is 4.81. The maximum atomic E-state index is 6.13. The molecule has 1 aliphatic rings. The highest BCUT2D eigenvalue weighted by molar-refractivity contribution is 7.09. The minimum atomic E-state index is 0.193. The molecule has 3 nitrogen and oxygen atoms in total. The van der Waals surface area contributed by atoms with Gasteiger partial charge in [-0.15, -0.1) is 11.3 Å². The van der Waals surface area contributed by atoms with Crippen LogP contribution in [-0.2, 0) is 19.4 Å². The summed E-state index contributed by atoms with van der Waals surface area (Å²) in [4.78, 5) is 4.52. The molecule has 1 aromatic carbocycles. The summed E-state index contributed by atoms with van der Waals surface area (Å²) in [7, 11) is 0. The minimum absolute atomic E-state index is 0.193. The smallest absolute Gasteiger partial charge is 0.131 e. The molecule has 106 valence electrons. The van der Waals surface area contributed by atoms with Gasteiger partial charge in [-0.3, -0.25) is 0 Å². The number of benzene rings is 1. The van der Waals surface area contributed by atoms with Gasteiger partial charge in [-0.25, -0.2) is 4.98 Å². The molecule has 1 heterocycles. The van der Waals surface area contributed by atoms with Gasteiger partial charge in [0, 0.05) is 11.4 Å². The molecule has 0 bridgehead atoms. The third kappa shape index (κ3) is 2.86. The van der Waals surface area contributed by atoms with Crippen molar-refractivity contribution in [3.05, 3.63) is 45.4 Å². The first-order chi connectivity index (χ1) is 9.76. The van der Waals surface area contributed by atoms with E-state index in [1.54, 1.807) is 11.3 Å². The predicted octanol–water partition coefficient (Wildman–Crippen LogP) is 3.62. The molecule has 1 aliphatic carbocycles. The molecule has 20 heavy (non-hydrogen) atoms. The van der Waals surface area contributed by atoms with Gasteiger partial charge in [0.25, 0.3) is 0 Å². The van der Waals surface area contributed by atoms with Gasteiger partial charge in [0.15, 0.2) is 0 Å². The van der Waals surface area contributed by atoms with Crippen molar-refractivity contribution in [2.75, 3.05) is 0 Å². The van der Waals surface area contributed by atoms with Gasteiger partial charge < -0.3 is 10.5 Å². The van der Waals surface area contributed by atoms with Crippen LogP contribution < -0.4 is 10.5 Å². The summed E-state index contributed by atoms with van der Waals surface area (Å²) in [5, 5.41) is 3.24. The molecule has 0 saturated heterocycles. The number of thiazole rings is 1. The second-order valence-corrected chi connectivity index (χ2v) is 6.18. The topological polar surface area (TPSA) is 48.1 Å². The Hall–Kier alpha value is -1.39. The fourth-order valence-corrected chi connectivity index (χ4v) is 3.38. The summed E-state index contributed by atoms with van der Waals surface area (Å²) in [5.74, 6) is 0.920. The van der Waals surface area contributed by atoms with E-state index in [0.717, 1.165) is 30.7 Å². The van der Waals surface area contributed by atoms with E-state index in [-0.39, 0.29) is 6.04 Å². The molecule has 1 aromatic heterocycles. The van der Waals surface area contributed by atoms with Crippen LogP contribution in [0.1, 0.15) is 47.6 Å². The summed E-state index contributed by atoms with van der Waals surface area (Å²) in [6, 6.07) is 6.48. The monoisotopic (exact) mass is 288 g/mol. The molecule has 0 amide bonds. The predicted molar refractivity (Wildman–Crippen MR) is 82.1 cm³/mol. The van der Waals surface area contributed by atoms with Crippen LogP contribution in [0.3, 0.4) is 0 Å². The third-order valence-electron chi connectivity index (χ3n) is 3.76. The molecule has 2 N–H and O–H groups in total. The lowest BCUT2D eigenvalue weighted by Crippen LogP contribution is -2.17. The number of rotatable bonds is 4. The Bertz CT molecular complexity index is 594. The van der Waals surface area contributed by atoms with Crippen molar-refractivity contribution in [3.63, 3.8) is 0 Å². The van der Waals surface area contributed by atoms with E-state index >= 15 is 0 Å². The van der Waals surface area contributed by atoms with Gasteiger partial charge in [0.05, 0.1) is 10.7 Å². The number of aryl methyl sites for hydroxylation is 2. The van der Waals surface area contributed by atoms with Crippen LogP contribution in [0.15, 0.2) is 23.6 Å². The Balaban J connectivity index is 1.68.